The molecule has 0 aromatic heterocycles. The molecule has 0 bridgehead atoms. The van der Waals surface area contributed by atoms with Gasteiger partial charge in [0.05, 0.1) is 4.90 Å². The number of primary sulfonamides is 1. The molecule has 0 saturated carbocycles. The van der Waals surface area contributed by atoms with E-state index in [1.807, 2.05) is 0 Å². The monoisotopic (exact) mass is 301 g/mol. The number of hydrogen-bond donors (Lipinski definition) is 4. The van der Waals surface area contributed by atoms with Gasteiger partial charge in [-0.25, -0.2) is 13.6 Å². The molecule has 1 aromatic rings. The van der Waals surface area contributed by atoms with Gasteiger partial charge in [-0.15, -0.1) is 0 Å². The lowest BCUT2D eigenvalue weighted by molar-refractivity contribution is 0.248. The number of nitrogen functional groups attached to an aromatic ring is 1. The van der Waals surface area contributed by atoms with Crippen LogP contribution in [0.15, 0.2) is 23.1 Å². The van der Waals surface area contributed by atoms with Crippen LogP contribution in [0.2, 0.25) is 0 Å². The average Bonchev–Trinajstić information content (AvgIpc) is 2.32. The highest BCUT2D eigenvalue weighted by atomic mass is 32.2. The Hall–Kier alpha value is -1.31. The zero-order chi connectivity index (χ0) is 15.4. The zero-order valence-corrected chi connectivity index (χ0v) is 12.7. The second kappa shape index (κ2) is 6.43. The van der Waals surface area contributed by atoms with Crippen molar-refractivity contribution in [1.29, 1.82) is 0 Å². The second-order valence-corrected chi connectivity index (χ2v) is 7.24. The van der Waals surface area contributed by atoms with Gasteiger partial charge in [0.2, 0.25) is 10.0 Å². The molecule has 0 aliphatic heterocycles. The molecule has 0 unspecified atom stereocenters. The van der Waals surface area contributed by atoms with Crippen molar-refractivity contribution in [3.63, 3.8) is 0 Å². The summed E-state index contributed by atoms with van der Waals surface area (Å²) in [6.07, 6.45) is 1.59. The number of rotatable bonds is 7. The number of hydrogen-bond acceptors (Lipinski definition) is 5. The summed E-state index contributed by atoms with van der Waals surface area (Å²) in [6, 6.07) is 4.46. The minimum Gasteiger partial charge on any atom is -0.399 e. The minimum atomic E-state index is -3.77. The average molecular weight is 301 g/mol. The summed E-state index contributed by atoms with van der Waals surface area (Å²) in [5.41, 5.74) is 6.62. The maximum absolute atomic E-state index is 11.3. The summed E-state index contributed by atoms with van der Waals surface area (Å²) >= 11 is 0. The van der Waals surface area contributed by atoms with Gasteiger partial charge >= 0.3 is 0 Å². The van der Waals surface area contributed by atoms with Crippen molar-refractivity contribution in [2.45, 2.75) is 31.6 Å². The molecular formula is C13H23N3O3S. The van der Waals surface area contributed by atoms with Crippen LogP contribution in [-0.2, 0) is 10.0 Å². The van der Waals surface area contributed by atoms with E-state index >= 15 is 0 Å². The molecule has 0 amide bonds. The molecule has 6 nitrogen and oxygen atoms in total. The van der Waals surface area contributed by atoms with Crippen molar-refractivity contribution in [2.24, 2.45) is 10.6 Å². The van der Waals surface area contributed by atoms with E-state index in [9.17, 15) is 8.42 Å². The molecule has 0 atom stereocenters. The van der Waals surface area contributed by atoms with E-state index in [0.717, 1.165) is 12.8 Å². The van der Waals surface area contributed by atoms with E-state index in [2.05, 4.69) is 19.2 Å². The summed E-state index contributed by atoms with van der Waals surface area (Å²) in [6.45, 7) is 4.95. The Morgan fingerprint density at radius 1 is 1.30 bits per heavy atom. The number of benzene rings is 1. The van der Waals surface area contributed by atoms with E-state index in [1.165, 1.54) is 12.1 Å². The Kier molecular flexibility index (Phi) is 5.38. The third kappa shape index (κ3) is 5.36. The predicted molar refractivity (Wildman–Crippen MR) is 80.8 cm³/mol. The SMILES string of the molecule is CC(C)(CCCO)CNc1cc(N)cc(S(N)(=O)=O)c1. The van der Waals surface area contributed by atoms with E-state index in [0.29, 0.717) is 17.9 Å². The fraction of sp³-hybridized carbons (Fsp3) is 0.538. The zero-order valence-electron chi connectivity index (χ0n) is 11.9. The summed E-state index contributed by atoms with van der Waals surface area (Å²) in [4.78, 5) is -0.00633. The van der Waals surface area contributed by atoms with E-state index < -0.39 is 10.0 Å². The lowest BCUT2D eigenvalue weighted by Gasteiger charge is -2.25. The van der Waals surface area contributed by atoms with Crippen LogP contribution in [0.4, 0.5) is 11.4 Å². The first-order chi connectivity index (χ1) is 9.14. The van der Waals surface area contributed by atoms with Crippen molar-refractivity contribution in [3.05, 3.63) is 18.2 Å². The normalized spacial score (nSPS) is 12.4. The first-order valence-electron chi connectivity index (χ1n) is 6.42. The van der Waals surface area contributed by atoms with E-state index in [1.54, 1.807) is 6.07 Å². The topological polar surface area (TPSA) is 118 Å². The molecule has 1 aromatic carbocycles. The van der Waals surface area contributed by atoms with Crippen LogP contribution in [0.25, 0.3) is 0 Å². The van der Waals surface area contributed by atoms with Gasteiger partial charge in [0, 0.05) is 24.5 Å². The van der Waals surface area contributed by atoms with Gasteiger partial charge in [0.15, 0.2) is 0 Å². The van der Waals surface area contributed by atoms with Gasteiger partial charge in [-0.3, -0.25) is 0 Å². The molecule has 0 heterocycles. The Balaban J connectivity index is 2.81. The molecule has 20 heavy (non-hydrogen) atoms. The van der Waals surface area contributed by atoms with Crippen molar-refractivity contribution in [2.75, 3.05) is 24.2 Å². The second-order valence-electron chi connectivity index (χ2n) is 5.68. The first-order valence-corrected chi connectivity index (χ1v) is 7.97. The highest BCUT2D eigenvalue weighted by molar-refractivity contribution is 7.89. The van der Waals surface area contributed by atoms with Crippen LogP contribution in [-0.4, -0.2) is 26.7 Å². The number of aliphatic hydroxyl groups is 1. The molecule has 0 radical (unpaired) electrons. The van der Waals surface area contributed by atoms with Gasteiger partial charge in [-0.1, -0.05) is 13.8 Å². The third-order valence-electron chi connectivity index (χ3n) is 3.04. The number of aliphatic hydroxyl groups excluding tert-OH is 1. The standard InChI is InChI=1S/C13H23N3O3S/c1-13(2,4-3-5-17)9-16-11-6-10(14)7-12(8-11)20(15,18)19/h6-8,16-17H,3-5,9,14H2,1-2H3,(H2,15,18,19). The molecular weight excluding hydrogens is 278 g/mol. The Bertz CT molecular complexity index is 556. The van der Waals surface area contributed by atoms with Crippen LogP contribution < -0.4 is 16.2 Å². The maximum atomic E-state index is 11.3. The van der Waals surface area contributed by atoms with Crippen LogP contribution in [0, 0.1) is 5.41 Å². The Morgan fingerprint density at radius 2 is 1.95 bits per heavy atom. The van der Waals surface area contributed by atoms with Gasteiger partial charge in [-0.2, -0.15) is 0 Å². The molecule has 6 N–H and O–H groups in total. The number of sulfonamides is 1. The predicted octanol–water partition coefficient (Wildman–Crippen LogP) is 1.13. The lowest BCUT2D eigenvalue weighted by Crippen LogP contribution is -2.23. The fourth-order valence-corrected chi connectivity index (χ4v) is 2.47. The first kappa shape index (κ1) is 16.7. The maximum Gasteiger partial charge on any atom is 0.238 e. The molecule has 0 aliphatic carbocycles. The number of anilines is 2. The van der Waals surface area contributed by atoms with Crippen molar-refractivity contribution < 1.29 is 13.5 Å². The van der Waals surface area contributed by atoms with Crippen LogP contribution >= 0.6 is 0 Å². The van der Waals surface area contributed by atoms with Crippen LogP contribution in [0.5, 0.6) is 0 Å². The number of nitrogens with two attached hydrogens (primary N) is 2. The highest BCUT2D eigenvalue weighted by Crippen LogP contribution is 2.25. The van der Waals surface area contributed by atoms with Crippen molar-refractivity contribution >= 4 is 21.4 Å². The summed E-state index contributed by atoms with van der Waals surface area (Å²) < 4.78 is 22.7. The molecule has 7 heteroatoms. The molecule has 0 fully saturated rings. The Labute approximate surface area is 120 Å². The largest absolute Gasteiger partial charge is 0.399 e. The minimum absolute atomic E-state index is 0.00633. The van der Waals surface area contributed by atoms with E-state index in [4.69, 9.17) is 16.0 Å². The van der Waals surface area contributed by atoms with Gasteiger partial charge in [0.1, 0.15) is 0 Å². The molecule has 0 saturated heterocycles. The summed E-state index contributed by atoms with van der Waals surface area (Å²) in [7, 11) is -3.77. The van der Waals surface area contributed by atoms with Crippen LogP contribution in [0.3, 0.4) is 0 Å². The van der Waals surface area contributed by atoms with Crippen molar-refractivity contribution in [1.82, 2.24) is 0 Å². The van der Waals surface area contributed by atoms with Gasteiger partial charge in [-0.05, 0) is 36.5 Å². The van der Waals surface area contributed by atoms with Crippen molar-refractivity contribution in [3.8, 4) is 0 Å². The molecule has 114 valence electrons. The van der Waals surface area contributed by atoms with Gasteiger partial charge < -0.3 is 16.2 Å². The smallest absolute Gasteiger partial charge is 0.238 e. The molecule has 0 aliphatic rings. The van der Waals surface area contributed by atoms with E-state index in [-0.39, 0.29) is 16.9 Å². The highest BCUT2D eigenvalue weighted by Gasteiger charge is 2.17. The Morgan fingerprint density at radius 3 is 2.50 bits per heavy atom. The quantitative estimate of drug-likeness (QED) is 0.563. The fourth-order valence-electron chi connectivity index (χ4n) is 1.88. The summed E-state index contributed by atoms with van der Waals surface area (Å²) in [5.74, 6) is 0. The summed E-state index contributed by atoms with van der Waals surface area (Å²) in [5, 5.41) is 17.1. The third-order valence-corrected chi connectivity index (χ3v) is 3.93. The number of nitrogens with one attached hydrogen (secondary N) is 1. The molecule has 1 rings (SSSR count). The van der Waals surface area contributed by atoms with Crippen LogP contribution in [0.1, 0.15) is 26.7 Å². The lowest BCUT2D eigenvalue weighted by atomic mass is 9.88. The molecule has 0 spiro atoms. The van der Waals surface area contributed by atoms with Gasteiger partial charge in [0.25, 0.3) is 0 Å².